The van der Waals surface area contributed by atoms with Gasteiger partial charge in [0.15, 0.2) is 6.61 Å². The van der Waals surface area contributed by atoms with Crippen LogP contribution in [-0.4, -0.2) is 49.1 Å². The Bertz CT molecular complexity index is 1010. The molecule has 1 heterocycles. The lowest BCUT2D eigenvalue weighted by molar-refractivity contribution is -0.136. The van der Waals surface area contributed by atoms with E-state index in [1.54, 1.807) is 24.3 Å². The minimum Gasteiger partial charge on any atom is -0.450 e. The van der Waals surface area contributed by atoms with Gasteiger partial charge in [0.25, 0.3) is 5.91 Å². The monoisotopic (exact) mass is 412 g/mol. The molecule has 1 aromatic heterocycles. The highest BCUT2D eigenvalue weighted by molar-refractivity contribution is 7.98. The Balaban J connectivity index is 1.50. The molecular formula is C21H20N2O5S. The first-order chi connectivity index (χ1) is 14.0. The van der Waals surface area contributed by atoms with E-state index in [9.17, 15) is 14.4 Å². The second-order valence-corrected chi connectivity index (χ2v) is 7.07. The zero-order chi connectivity index (χ0) is 20.8. The summed E-state index contributed by atoms with van der Waals surface area (Å²) in [5.74, 6) is -1.55. The summed E-state index contributed by atoms with van der Waals surface area (Å²) in [6, 6.07) is 16.1. The summed E-state index contributed by atoms with van der Waals surface area (Å²) >= 11 is 1.51. The molecule has 1 N–H and O–H groups in total. The Morgan fingerprint density at radius 1 is 1.10 bits per heavy atom. The molecule has 2 aromatic carbocycles. The third kappa shape index (κ3) is 5.17. The van der Waals surface area contributed by atoms with Gasteiger partial charge in [-0.15, -0.1) is 11.8 Å². The summed E-state index contributed by atoms with van der Waals surface area (Å²) in [5, 5.41) is 3.55. The van der Waals surface area contributed by atoms with Gasteiger partial charge in [0.05, 0.1) is 12.2 Å². The summed E-state index contributed by atoms with van der Waals surface area (Å²) in [5.41, 5.74) is 1.24. The number of esters is 1. The SMILES string of the molecule is CSc1ccccc1NC(=O)CN(C)C(=O)COC(=O)c1cc2ccccc2o1. The number of rotatable bonds is 7. The highest BCUT2D eigenvalue weighted by atomic mass is 32.2. The van der Waals surface area contributed by atoms with E-state index in [-0.39, 0.29) is 18.2 Å². The van der Waals surface area contributed by atoms with Gasteiger partial charge in [0, 0.05) is 17.3 Å². The lowest BCUT2D eigenvalue weighted by Gasteiger charge is -2.17. The Kier molecular flexibility index (Phi) is 6.56. The van der Waals surface area contributed by atoms with E-state index in [0.717, 1.165) is 10.3 Å². The van der Waals surface area contributed by atoms with Crippen LogP contribution in [0.25, 0.3) is 11.0 Å². The zero-order valence-electron chi connectivity index (χ0n) is 16.0. The fourth-order valence-electron chi connectivity index (χ4n) is 2.63. The van der Waals surface area contributed by atoms with Crippen LogP contribution in [0.2, 0.25) is 0 Å². The number of carbonyl (C=O) groups is 3. The minimum absolute atomic E-state index is 0.0214. The van der Waals surface area contributed by atoms with Crippen molar-refractivity contribution in [2.75, 3.05) is 31.8 Å². The van der Waals surface area contributed by atoms with Gasteiger partial charge in [-0.2, -0.15) is 0 Å². The van der Waals surface area contributed by atoms with Gasteiger partial charge in [-0.25, -0.2) is 4.79 Å². The van der Waals surface area contributed by atoms with Crippen molar-refractivity contribution in [1.29, 1.82) is 0 Å². The van der Waals surface area contributed by atoms with E-state index < -0.39 is 18.5 Å². The molecular weight excluding hydrogens is 392 g/mol. The number of benzene rings is 2. The number of likely N-dealkylation sites (N-methyl/N-ethyl adjacent to an activating group) is 1. The number of hydrogen-bond donors (Lipinski definition) is 1. The highest BCUT2D eigenvalue weighted by Crippen LogP contribution is 2.24. The van der Waals surface area contributed by atoms with E-state index >= 15 is 0 Å². The number of hydrogen-bond acceptors (Lipinski definition) is 6. The van der Waals surface area contributed by atoms with Crippen LogP contribution < -0.4 is 5.32 Å². The van der Waals surface area contributed by atoms with Gasteiger partial charge in [-0.1, -0.05) is 30.3 Å². The first-order valence-corrected chi connectivity index (χ1v) is 10.0. The minimum atomic E-state index is -0.735. The summed E-state index contributed by atoms with van der Waals surface area (Å²) in [6.07, 6.45) is 1.91. The van der Waals surface area contributed by atoms with Crippen LogP contribution in [0.4, 0.5) is 5.69 Å². The van der Waals surface area contributed by atoms with Crippen LogP contribution in [0.1, 0.15) is 10.6 Å². The Hall–Kier alpha value is -3.26. The van der Waals surface area contributed by atoms with E-state index in [0.29, 0.717) is 11.3 Å². The highest BCUT2D eigenvalue weighted by Gasteiger charge is 2.18. The van der Waals surface area contributed by atoms with Gasteiger partial charge in [-0.3, -0.25) is 9.59 Å². The first kappa shape index (κ1) is 20.5. The van der Waals surface area contributed by atoms with E-state index in [4.69, 9.17) is 9.15 Å². The van der Waals surface area contributed by atoms with E-state index in [1.165, 1.54) is 23.7 Å². The first-order valence-electron chi connectivity index (χ1n) is 8.80. The Morgan fingerprint density at radius 3 is 2.59 bits per heavy atom. The van der Waals surface area contributed by atoms with Gasteiger partial charge in [0.2, 0.25) is 11.7 Å². The molecule has 2 amide bonds. The van der Waals surface area contributed by atoms with E-state index in [2.05, 4.69) is 5.32 Å². The molecule has 0 atom stereocenters. The van der Waals surface area contributed by atoms with Crippen molar-refractivity contribution >= 4 is 46.2 Å². The number of fused-ring (bicyclic) bond motifs is 1. The van der Waals surface area contributed by atoms with Crippen molar-refractivity contribution in [3.8, 4) is 0 Å². The van der Waals surface area contributed by atoms with Crippen LogP contribution >= 0.6 is 11.8 Å². The molecule has 0 bridgehead atoms. The van der Waals surface area contributed by atoms with Crippen molar-refractivity contribution < 1.29 is 23.5 Å². The van der Waals surface area contributed by atoms with Crippen molar-refractivity contribution in [1.82, 2.24) is 4.90 Å². The third-order valence-electron chi connectivity index (χ3n) is 4.14. The Labute approximate surface area is 172 Å². The number of ether oxygens (including phenoxy) is 1. The van der Waals surface area contributed by atoms with Crippen molar-refractivity contribution in [3.05, 3.63) is 60.4 Å². The lowest BCUT2D eigenvalue weighted by atomic mass is 10.2. The lowest BCUT2D eigenvalue weighted by Crippen LogP contribution is -2.37. The van der Waals surface area contributed by atoms with E-state index in [1.807, 2.05) is 36.6 Å². The average molecular weight is 412 g/mol. The number of furan rings is 1. The summed E-state index contributed by atoms with van der Waals surface area (Å²) in [6.45, 7) is -0.648. The van der Waals surface area contributed by atoms with Crippen LogP contribution in [0.15, 0.2) is 63.9 Å². The fourth-order valence-corrected chi connectivity index (χ4v) is 3.19. The predicted octanol–water partition coefficient (Wildman–Crippen LogP) is 3.41. The standard InChI is InChI=1S/C21H20N2O5S/c1-23(12-19(24)22-15-8-4-6-10-18(15)29-2)20(25)13-27-21(26)17-11-14-7-3-5-9-16(14)28-17/h3-11H,12-13H2,1-2H3,(H,22,24). The quantitative estimate of drug-likeness (QED) is 0.473. The van der Waals surface area contributed by atoms with Gasteiger partial charge in [-0.05, 0) is 30.5 Å². The van der Waals surface area contributed by atoms with Crippen LogP contribution in [0.5, 0.6) is 0 Å². The number of thioether (sulfide) groups is 1. The largest absolute Gasteiger partial charge is 0.450 e. The zero-order valence-corrected chi connectivity index (χ0v) is 16.8. The number of nitrogens with zero attached hydrogens (tertiary/aromatic N) is 1. The van der Waals surface area contributed by atoms with Gasteiger partial charge >= 0.3 is 5.97 Å². The molecule has 150 valence electrons. The molecule has 0 unspecified atom stereocenters. The number of nitrogens with one attached hydrogen (secondary N) is 1. The summed E-state index contributed by atoms with van der Waals surface area (Å²) < 4.78 is 10.4. The fraction of sp³-hybridized carbons (Fsp3) is 0.190. The molecule has 0 aliphatic carbocycles. The molecule has 0 saturated carbocycles. The molecule has 0 radical (unpaired) electrons. The number of carbonyl (C=O) groups excluding carboxylic acids is 3. The second-order valence-electron chi connectivity index (χ2n) is 6.22. The van der Waals surface area contributed by atoms with Crippen molar-refractivity contribution in [2.45, 2.75) is 4.90 Å². The predicted molar refractivity (Wildman–Crippen MR) is 111 cm³/mol. The van der Waals surface area contributed by atoms with Crippen LogP contribution in [-0.2, 0) is 14.3 Å². The summed E-state index contributed by atoms with van der Waals surface area (Å²) in [7, 11) is 1.47. The molecule has 7 nitrogen and oxygen atoms in total. The molecule has 0 spiro atoms. The molecule has 0 fully saturated rings. The van der Waals surface area contributed by atoms with Crippen LogP contribution in [0.3, 0.4) is 0 Å². The topological polar surface area (TPSA) is 88.9 Å². The van der Waals surface area contributed by atoms with Crippen molar-refractivity contribution in [2.24, 2.45) is 0 Å². The summed E-state index contributed by atoms with van der Waals surface area (Å²) in [4.78, 5) is 38.6. The third-order valence-corrected chi connectivity index (χ3v) is 4.94. The normalized spacial score (nSPS) is 10.6. The number of anilines is 1. The average Bonchev–Trinajstić information content (AvgIpc) is 3.16. The number of amides is 2. The molecule has 0 saturated heterocycles. The van der Waals surface area contributed by atoms with Crippen LogP contribution in [0, 0.1) is 0 Å². The molecule has 29 heavy (non-hydrogen) atoms. The van der Waals surface area contributed by atoms with Gasteiger partial charge in [0.1, 0.15) is 5.58 Å². The maximum absolute atomic E-state index is 12.2. The maximum Gasteiger partial charge on any atom is 0.374 e. The van der Waals surface area contributed by atoms with Crippen molar-refractivity contribution in [3.63, 3.8) is 0 Å². The second kappa shape index (κ2) is 9.29. The maximum atomic E-state index is 12.2. The molecule has 3 rings (SSSR count). The smallest absolute Gasteiger partial charge is 0.374 e. The molecule has 0 aliphatic heterocycles. The Morgan fingerprint density at radius 2 is 1.83 bits per heavy atom. The molecule has 3 aromatic rings. The molecule has 0 aliphatic rings. The molecule has 8 heteroatoms. The van der Waals surface area contributed by atoms with Gasteiger partial charge < -0.3 is 19.4 Å². The number of para-hydroxylation sites is 2.